The van der Waals surface area contributed by atoms with Crippen LogP contribution in [0.1, 0.15) is 93.4 Å². The number of ether oxygens (including phenoxy) is 5. The highest BCUT2D eigenvalue weighted by Crippen LogP contribution is 2.44. The van der Waals surface area contributed by atoms with E-state index in [-0.39, 0.29) is 17.9 Å². The molecular weight excluding hydrogens is 698 g/mol. The lowest BCUT2D eigenvalue weighted by molar-refractivity contribution is 0.199. The van der Waals surface area contributed by atoms with Crippen molar-refractivity contribution >= 4 is 18.3 Å². The third-order valence-corrected chi connectivity index (χ3v) is 9.16. The van der Waals surface area contributed by atoms with Crippen LogP contribution in [0.5, 0.6) is 23.0 Å². The predicted octanol–water partition coefficient (Wildman–Crippen LogP) is 9.09. The topological polar surface area (TPSA) is 137 Å². The molecule has 3 N–H and O–H groups in total. The van der Waals surface area contributed by atoms with Gasteiger partial charge in [0.25, 0.3) is 0 Å². The summed E-state index contributed by atoms with van der Waals surface area (Å²) in [5.41, 5.74) is 3.89. The van der Waals surface area contributed by atoms with Gasteiger partial charge >= 0.3 is 18.3 Å². The molecule has 292 valence electrons. The van der Waals surface area contributed by atoms with Crippen LogP contribution in [0.3, 0.4) is 0 Å². The maximum absolute atomic E-state index is 12.4. The van der Waals surface area contributed by atoms with Crippen molar-refractivity contribution in [2.24, 2.45) is 0 Å². The first-order chi connectivity index (χ1) is 26.9. The van der Waals surface area contributed by atoms with Gasteiger partial charge in [-0.15, -0.1) is 0 Å². The minimum Gasteiger partial charge on any atom is -0.491 e. The number of amides is 3. The average Bonchev–Trinajstić information content (AvgIpc) is 4.03. The van der Waals surface area contributed by atoms with E-state index in [2.05, 4.69) is 48.9 Å². The number of epoxide rings is 1. The van der Waals surface area contributed by atoms with Gasteiger partial charge in [-0.25, -0.2) is 14.4 Å². The molecule has 0 bridgehead atoms. The summed E-state index contributed by atoms with van der Waals surface area (Å²) in [5, 5.41) is 8.36. The summed E-state index contributed by atoms with van der Waals surface area (Å²) in [6.07, 6.45) is 4.14. The second-order valence-electron chi connectivity index (χ2n) is 13.5. The van der Waals surface area contributed by atoms with E-state index in [9.17, 15) is 14.4 Å². The molecule has 2 unspecified atom stereocenters. The lowest BCUT2D eigenvalue weighted by atomic mass is 9.73. The lowest BCUT2D eigenvalue weighted by Crippen LogP contribution is -2.27. The van der Waals surface area contributed by atoms with Crippen molar-refractivity contribution in [2.45, 2.75) is 77.2 Å². The number of carbonyl (C=O) groups excluding carboxylic acids is 3. The lowest BCUT2D eigenvalue weighted by Gasteiger charge is -2.30. The van der Waals surface area contributed by atoms with E-state index < -0.39 is 18.3 Å². The fraction of sp³-hybridized carbons (Fsp3) is 0.386. The Kier molecular flexibility index (Phi) is 15.8. The van der Waals surface area contributed by atoms with E-state index in [1.165, 1.54) is 0 Å². The third kappa shape index (κ3) is 13.1. The highest BCUT2D eigenvalue weighted by Gasteiger charge is 2.29. The van der Waals surface area contributed by atoms with E-state index in [0.29, 0.717) is 50.1 Å². The maximum atomic E-state index is 12.4. The van der Waals surface area contributed by atoms with Crippen LogP contribution in [0, 0.1) is 0 Å². The fourth-order valence-corrected chi connectivity index (χ4v) is 6.04. The fourth-order valence-electron chi connectivity index (χ4n) is 6.04. The molecule has 5 rings (SSSR count). The van der Waals surface area contributed by atoms with Crippen molar-refractivity contribution in [3.63, 3.8) is 0 Å². The summed E-state index contributed by atoms with van der Waals surface area (Å²) in [5.74, 6) is 1.50. The molecule has 4 aromatic rings. The van der Waals surface area contributed by atoms with Crippen molar-refractivity contribution < 1.29 is 38.1 Å². The van der Waals surface area contributed by atoms with Gasteiger partial charge in [0.05, 0.1) is 6.61 Å². The van der Waals surface area contributed by atoms with Crippen molar-refractivity contribution in [3.8, 4) is 23.0 Å². The monoisotopic (exact) mass is 751 g/mol. The largest absolute Gasteiger partial charge is 0.491 e. The molecule has 1 aliphatic rings. The SMILES string of the molecule is CCCCNC(=O)Oc1ccc(C(c2ccc(OCC3CO3)cc2)C(c2ccc(OC(=O)NCCCC)cc2)c2ccc(OC(=O)NCCCC)cc2)cc1. The summed E-state index contributed by atoms with van der Waals surface area (Å²) in [6, 6.07) is 30.6. The molecular formula is C44H53N3O8. The predicted molar refractivity (Wildman–Crippen MR) is 211 cm³/mol. The summed E-state index contributed by atoms with van der Waals surface area (Å²) in [6.45, 7) is 9.02. The summed E-state index contributed by atoms with van der Waals surface area (Å²) in [4.78, 5) is 37.3. The zero-order valence-corrected chi connectivity index (χ0v) is 32.0. The van der Waals surface area contributed by atoms with Crippen LogP contribution in [0.25, 0.3) is 0 Å². The Labute approximate surface area is 324 Å². The first kappa shape index (κ1) is 40.6. The van der Waals surface area contributed by atoms with Crippen molar-refractivity contribution in [3.05, 3.63) is 119 Å². The van der Waals surface area contributed by atoms with Gasteiger partial charge in [0.2, 0.25) is 0 Å². The van der Waals surface area contributed by atoms with E-state index >= 15 is 0 Å². The van der Waals surface area contributed by atoms with Gasteiger partial charge in [0, 0.05) is 31.5 Å². The van der Waals surface area contributed by atoms with E-state index in [1.807, 2.05) is 48.5 Å². The van der Waals surface area contributed by atoms with Crippen LogP contribution in [0.4, 0.5) is 14.4 Å². The zero-order valence-electron chi connectivity index (χ0n) is 32.0. The standard InChI is InChI=1S/C44H53N3O8/c1-4-7-26-45-42(48)53-36-20-12-32(13-21-36)40(31-10-18-35(19-11-31)51-29-39-30-52-39)41(33-14-22-37(23-15-33)54-43(49)46-27-8-5-2)34-16-24-38(25-17-34)55-44(50)47-28-9-6-3/h10-25,39-41H,4-9,26-30H2,1-3H3,(H,45,48)(H,46,49)(H,47,50). The average molecular weight is 752 g/mol. The molecule has 55 heavy (non-hydrogen) atoms. The van der Waals surface area contributed by atoms with Gasteiger partial charge < -0.3 is 39.6 Å². The second kappa shape index (κ2) is 21.4. The van der Waals surface area contributed by atoms with E-state index in [4.69, 9.17) is 23.7 Å². The molecule has 2 atom stereocenters. The minimum absolute atomic E-state index is 0.134. The molecule has 1 saturated heterocycles. The molecule has 0 saturated carbocycles. The van der Waals surface area contributed by atoms with Gasteiger partial charge in [0.1, 0.15) is 35.7 Å². The van der Waals surface area contributed by atoms with Gasteiger partial charge in [-0.1, -0.05) is 88.6 Å². The molecule has 0 aliphatic carbocycles. The minimum atomic E-state index is -0.498. The van der Waals surface area contributed by atoms with Crippen molar-refractivity contribution in [1.29, 1.82) is 0 Å². The van der Waals surface area contributed by atoms with Gasteiger partial charge in [0.15, 0.2) is 0 Å². The molecule has 0 spiro atoms. The quantitative estimate of drug-likeness (QED) is 0.0601. The highest BCUT2D eigenvalue weighted by molar-refractivity contribution is 5.71. The van der Waals surface area contributed by atoms with Crippen LogP contribution >= 0.6 is 0 Å². The molecule has 11 heteroatoms. The molecule has 0 radical (unpaired) electrons. The summed E-state index contributed by atoms with van der Waals surface area (Å²) in [7, 11) is 0. The smallest absolute Gasteiger partial charge is 0.412 e. The number of benzene rings is 4. The second-order valence-corrected chi connectivity index (χ2v) is 13.5. The number of rotatable bonds is 20. The summed E-state index contributed by atoms with van der Waals surface area (Å²) >= 11 is 0. The van der Waals surface area contributed by atoms with E-state index in [0.717, 1.165) is 66.5 Å². The normalized spacial score (nSPS) is 13.7. The Morgan fingerprint density at radius 2 is 0.818 bits per heavy atom. The number of unbranched alkanes of at least 4 members (excludes halogenated alkanes) is 3. The Balaban J connectivity index is 1.49. The molecule has 0 aromatic heterocycles. The van der Waals surface area contributed by atoms with Crippen molar-refractivity contribution in [1.82, 2.24) is 16.0 Å². The molecule has 4 aromatic carbocycles. The number of hydrogen-bond donors (Lipinski definition) is 3. The Bertz CT molecular complexity index is 1710. The number of nitrogens with one attached hydrogen (secondary N) is 3. The Morgan fingerprint density at radius 3 is 1.09 bits per heavy atom. The van der Waals surface area contributed by atoms with Crippen LogP contribution in [-0.2, 0) is 4.74 Å². The van der Waals surface area contributed by atoms with Crippen LogP contribution in [-0.4, -0.2) is 57.2 Å². The maximum Gasteiger partial charge on any atom is 0.412 e. The molecule has 1 aliphatic heterocycles. The number of carbonyl (C=O) groups is 3. The van der Waals surface area contributed by atoms with Crippen LogP contribution in [0.15, 0.2) is 97.1 Å². The van der Waals surface area contributed by atoms with E-state index in [1.54, 1.807) is 36.4 Å². The van der Waals surface area contributed by atoms with Crippen LogP contribution in [0.2, 0.25) is 0 Å². The molecule has 11 nitrogen and oxygen atoms in total. The first-order valence-corrected chi connectivity index (χ1v) is 19.4. The highest BCUT2D eigenvalue weighted by atomic mass is 16.6. The van der Waals surface area contributed by atoms with Gasteiger partial charge in [-0.05, 0) is 90.0 Å². The van der Waals surface area contributed by atoms with Crippen LogP contribution < -0.4 is 34.9 Å². The zero-order chi connectivity index (χ0) is 38.8. The van der Waals surface area contributed by atoms with Crippen molar-refractivity contribution in [2.75, 3.05) is 32.8 Å². The molecule has 3 amide bonds. The first-order valence-electron chi connectivity index (χ1n) is 19.4. The third-order valence-electron chi connectivity index (χ3n) is 9.16. The summed E-state index contributed by atoms with van der Waals surface area (Å²) < 4.78 is 28.0. The molecule has 1 fully saturated rings. The number of hydrogen-bond acceptors (Lipinski definition) is 8. The van der Waals surface area contributed by atoms with Gasteiger partial charge in [-0.2, -0.15) is 0 Å². The Morgan fingerprint density at radius 1 is 0.527 bits per heavy atom. The molecule has 1 heterocycles. The Hall–Kier alpha value is -5.55. The van der Waals surface area contributed by atoms with Gasteiger partial charge in [-0.3, -0.25) is 0 Å².